The molecule has 0 aliphatic carbocycles. The third-order valence-electron chi connectivity index (χ3n) is 5.80. The van der Waals surface area contributed by atoms with Crippen molar-refractivity contribution in [3.8, 4) is 11.1 Å². The number of rotatable bonds is 15. The van der Waals surface area contributed by atoms with Gasteiger partial charge in [-0.25, -0.2) is 0 Å². The van der Waals surface area contributed by atoms with Gasteiger partial charge in [-0.2, -0.15) is 10.2 Å². The number of carbonyl (C=O) groups is 1. The first-order valence-corrected chi connectivity index (χ1v) is 12.2. The number of nitrogens with zero attached hydrogens (tertiary/aromatic N) is 2. The number of benzene rings is 1. The van der Waals surface area contributed by atoms with Crippen LogP contribution in [0.25, 0.3) is 11.1 Å². The summed E-state index contributed by atoms with van der Waals surface area (Å²) in [4.78, 5) is 11.1. The molecule has 0 saturated carbocycles. The molecule has 0 amide bonds. The van der Waals surface area contributed by atoms with E-state index < -0.39 is 0 Å². The van der Waals surface area contributed by atoms with Crippen LogP contribution in [0.3, 0.4) is 0 Å². The topological polar surface area (TPSA) is 52.1 Å². The summed E-state index contributed by atoms with van der Waals surface area (Å²) in [6.45, 7) is 5.69. The molecule has 0 spiro atoms. The summed E-state index contributed by atoms with van der Waals surface area (Å²) >= 11 is 0. The number of carbonyl (C=O) groups excluding carboxylic acids is 1. The molecule has 2 aromatic rings. The third kappa shape index (κ3) is 9.63. The Balaban J connectivity index is 1.92. The van der Waals surface area contributed by atoms with E-state index in [4.69, 9.17) is 4.74 Å². The van der Waals surface area contributed by atoms with Crippen molar-refractivity contribution in [2.24, 2.45) is 0 Å². The Morgan fingerprint density at radius 3 is 2.35 bits per heavy atom. The zero-order valence-electron chi connectivity index (χ0n) is 19.7. The first kappa shape index (κ1) is 25.0. The SMILES string of the molecule is CCCCCCCCCCc1nnccc1-c1ccccc1CCCC(C)OC(C)=O. The average Bonchev–Trinajstić information content (AvgIpc) is 2.76. The van der Waals surface area contributed by atoms with Crippen LogP contribution in [-0.4, -0.2) is 22.3 Å². The van der Waals surface area contributed by atoms with Gasteiger partial charge in [0.25, 0.3) is 0 Å². The fourth-order valence-electron chi connectivity index (χ4n) is 4.14. The van der Waals surface area contributed by atoms with Crippen LogP contribution in [0.4, 0.5) is 0 Å². The highest BCUT2D eigenvalue weighted by Gasteiger charge is 2.12. The lowest BCUT2D eigenvalue weighted by atomic mass is 9.93. The summed E-state index contributed by atoms with van der Waals surface area (Å²) in [5, 5.41) is 8.65. The van der Waals surface area contributed by atoms with E-state index in [9.17, 15) is 4.79 Å². The Morgan fingerprint density at radius 1 is 0.903 bits per heavy atom. The summed E-state index contributed by atoms with van der Waals surface area (Å²) in [6, 6.07) is 10.7. The largest absolute Gasteiger partial charge is 0.463 e. The van der Waals surface area contributed by atoms with Gasteiger partial charge in [-0.15, -0.1) is 0 Å². The summed E-state index contributed by atoms with van der Waals surface area (Å²) in [6.07, 6.45) is 16.1. The molecule has 0 fully saturated rings. The van der Waals surface area contributed by atoms with Crippen molar-refractivity contribution < 1.29 is 9.53 Å². The lowest BCUT2D eigenvalue weighted by molar-refractivity contribution is -0.145. The fraction of sp³-hybridized carbons (Fsp3) is 0.593. The van der Waals surface area contributed by atoms with Crippen LogP contribution in [0.5, 0.6) is 0 Å². The second-order valence-corrected chi connectivity index (χ2v) is 8.59. The van der Waals surface area contributed by atoms with Crippen molar-refractivity contribution in [1.82, 2.24) is 10.2 Å². The quantitative estimate of drug-likeness (QED) is 0.226. The van der Waals surface area contributed by atoms with Crippen LogP contribution >= 0.6 is 0 Å². The molecule has 1 unspecified atom stereocenters. The maximum atomic E-state index is 11.1. The predicted molar refractivity (Wildman–Crippen MR) is 128 cm³/mol. The zero-order chi connectivity index (χ0) is 22.3. The van der Waals surface area contributed by atoms with Gasteiger partial charge in [-0.1, -0.05) is 76.1 Å². The molecule has 170 valence electrons. The second kappa shape index (κ2) is 14.7. The van der Waals surface area contributed by atoms with Crippen molar-refractivity contribution in [3.63, 3.8) is 0 Å². The number of unbranched alkanes of at least 4 members (excludes halogenated alkanes) is 7. The lowest BCUT2D eigenvalue weighted by Crippen LogP contribution is -2.12. The van der Waals surface area contributed by atoms with E-state index in [1.807, 2.05) is 6.92 Å². The van der Waals surface area contributed by atoms with Gasteiger partial charge in [-0.05, 0) is 56.2 Å². The van der Waals surface area contributed by atoms with Crippen molar-refractivity contribution in [2.45, 2.75) is 104 Å². The number of esters is 1. The molecule has 31 heavy (non-hydrogen) atoms. The lowest BCUT2D eigenvalue weighted by Gasteiger charge is -2.14. The smallest absolute Gasteiger partial charge is 0.302 e. The van der Waals surface area contributed by atoms with Crippen molar-refractivity contribution >= 4 is 5.97 Å². The van der Waals surface area contributed by atoms with Crippen LogP contribution in [-0.2, 0) is 22.4 Å². The van der Waals surface area contributed by atoms with Crippen LogP contribution in [0, 0.1) is 0 Å². The molecule has 2 rings (SSSR count). The number of aryl methyl sites for hydroxylation is 2. The predicted octanol–water partition coefficient (Wildman–Crippen LogP) is 7.10. The van der Waals surface area contributed by atoms with E-state index in [0.717, 1.165) is 31.4 Å². The zero-order valence-corrected chi connectivity index (χ0v) is 19.7. The first-order valence-electron chi connectivity index (χ1n) is 12.2. The number of hydrogen-bond acceptors (Lipinski definition) is 4. The molecule has 1 heterocycles. The molecule has 0 N–H and O–H groups in total. The van der Waals surface area contributed by atoms with Crippen LogP contribution in [0.1, 0.15) is 96.2 Å². The van der Waals surface area contributed by atoms with Crippen molar-refractivity contribution in [2.75, 3.05) is 0 Å². The maximum Gasteiger partial charge on any atom is 0.302 e. The molecular formula is C27H40N2O2. The molecule has 0 bridgehead atoms. The minimum Gasteiger partial charge on any atom is -0.463 e. The molecular weight excluding hydrogens is 384 g/mol. The van der Waals surface area contributed by atoms with Gasteiger partial charge < -0.3 is 4.74 Å². The Labute approximate surface area is 188 Å². The highest BCUT2D eigenvalue weighted by molar-refractivity contribution is 5.69. The minimum absolute atomic E-state index is 0.0372. The van der Waals surface area contributed by atoms with Gasteiger partial charge in [0, 0.05) is 12.5 Å². The van der Waals surface area contributed by atoms with Crippen LogP contribution in [0.2, 0.25) is 0 Å². The second-order valence-electron chi connectivity index (χ2n) is 8.59. The maximum absolute atomic E-state index is 11.1. The fourth-order valence-corrected chi connectivity index (χ4v) is 4.14. The summed E-state index contributed by atoms with van der Waals surface area (Å²) in [7, 11) is 0. The normalized spacial score (nSPS) is 12.0. The van der Waals surface area contributed by atoms with Gasteiger partial charge in [-0.3, -0.25) is 4.79 Å². The summed E-state index contributed by atoms with van der Waals surface area (Å²) < 4.78 is 5.26. The highest BCUT2D eigenvalue weighted by Crippen LogP contribution is 2.28. The van der Waals surface area contributed by atoms with Crippen LogP contribution in [0.15, 0.2) is 36.5 Å². The molecule has 1 atom stereocenters. The average molecular weight is 425 g/mol. The van der Waals surface area contributed by atoms with Gasteiger partial charge in [0.15, 0.2) is 0 Å². The summed E-state index contributed by atoms with van der Waals surface area (Å²) in [5.74, 6) is -0.207. The van der Waals surface area contributed by atoms with Gasteiger partial charge in [0.2, 0.25) is 0 Å². The molecule has 4 nitrogen and oxygen atoms in total. The summed E-state index contributed by atoms with van der Waals surface area (Å²) in [5.41, 5.74) is 4.89. The van der Waals surface area contributed by atoms with E-state index in [-0.39, 0.29) is 12.1 Å². The molecule has 0 saturated heterocycles. The number of hydrogen-bond donors (Lipinski definition) is 0. The Morgan fingerprint density at radius 2 is 1.61 bits per heavy atom. The minimum atomic E-state index is -0.207. The Kier molecular flexibility index (Phi) is 11.9. The Hall–Kier alpha value is -2.23. The number of aromatic nitrogens is 2. The molecule has 0 aliphatic rings. The van der Waals surface area contributed by atoms with Crippen LogP contribution < -0.4 is 0 Å². The van der Waals surface area contributed by atoms with E-state index in [0.29, 0.717) is 0 Å². The number of ether oxygens (including phenoxy) is 1. The van der Waals surface area contributed by atoms with Gasteiger partial charge in [0.1, 0.15) is 0 Å². The standard InChI is InChI=1S/C27H40N2O2/c1-4-5-6-7-8-9-10-11-19-27-26(20-21-28-29-27)25-18-13-12-16-24(25)17-14-15-22(2)31-23(3)30/h12-13,16,18,20-22H,4-11,14-15,17,19H2,1-3H3. The van der Waals surface area contributed by atoms with E-state index in [1.54, 1.807) is 6.20 Å². The van der Waals surface area contributed by atoms with Crippen molar-refractivity contribution in [1.29, 1.82) is 0 Å². The van der Waals surface area contributed by atoms with E-state index in [1.165, 1.54) is 75.0 Å². The molecule has 1 aromatic carbocycles. The first-order chi connectivity index (χ1) is 15.1. The van der Waals surface area contributed by atoms with E-state index >= 15 is 0 Å². The highest BCUT2D eigenvalue weighted by atomic mass is 16.5. The van der Waals surface area contributed by atoms with Crippen molar-refractivity contribution in [3.05, 3.63) is 47.8 Å². The molecule has 0 radical (unpaired) electrons. The van der Waals surface area contributed by atoms with E-state index in [2.05, 4.69) is 47.5 Å². The molecule has 4 heteroatoms. The van der Waals surface area contributed by atoms with Gasteiger partial charge in [0.05, 0.1) is 18.0 Å². The third-order valence-corrected chi connectivity index (χ3v) is 5.80. The molecule has 0 aliphatic heterocycles. The van der Waals surface area contributed by atoms with Gasteiger partial charge >= 0.3 is 5.97 Å². The monoisotopic (exact) mass is 424 g/mol. The Bertz CT molecular complexity index is 775. The molecule has 1 aromatic heterocycles.